The molecule has 6 nitrogen and oxygen atoms in total. The summed E-state index contributed by atoms with van der Waals surface area (Å²) >= 11 is 0. The molecule has 1 aromatic heterocycles. The minimum atomic E-state index is -0.334. The van der Waals surface area contributed by atoms with Gasteiger partial charge in [-0.3, -0.25) is 10.2 Å². The van der Waals surface area contributed by atoms with Gasteiger partial charge in [-0.05, 0) is 24.6 Å². The first kappa shape index (κ1) is 20.2. The summed E-state index contributed by atoms with van der Waals surface area (Å²) in [6.45, 7) is 2.11. The van der Waals surface area contributed by atoms with Crippen molar-refractivity contribution in [3.63, 3.8) is 0 Å². The SMILES string of the molecule is CCOC(=O)C/C(=N/Nc1nc2ccccc2nc1-c1ccccc1)c1ccccc1. The smallest absolute Gasteiger partial charge is 0.311 e. The molecule has 1 heterocycles. The molecule has 6 heteroatoms. The monoisotopic (exact) mass is 410 g/mol. The maximum Gasteiger partial charge on any atom is 0.311 e. The highest BCUT2D eigenvalue weighted by Crippen LogP contribution is 2.27. The maximum atomic E-state index is 12.1. The van der Waals surface area contributed by atoms with Gasteiger partial charge in [0.15, 0.2) is 5.82 Å². The van der Waals surface area contributed by atoms with E-state index < -0.39 is 0 Å². The number of anilines is 1. The van der Waals surface area contributed by atoms with Gasteiger partial charge in [0, 0.05) is 5.56 Å². The topological polar surface area (TPSA) is 76.5 Å². The van der Waals surface area contributed by atoms with Gasteiger partial charge in [-0.15, -0.1) is 0 Å². The van der Waals surface area contributed by atoms with Crippen molar-refractivity contribution in [2.75, 3.05) is 12.0 Å². The number of fused-ring (bicyclic) bond motifs is 1. The van der Waals surface area contributed by atoms with Crippen molar-refractivity contribution in [1.82, 2.24) is 9.97 Å². The Kier molecular flexibility index (Phi) is 6.28. The summed E-state index contributed by atoms with van der Waals surface area (Å²) in [4.78, 5) is 21.7. The van der Waals surface area contributed by atoms with Crippen LogP contribution in [0.5, 0.6) is 0 Å². The molecular formula is C25H22N4O2. The van der Waals surface area contributed by atoms with Crippen LogP contribution in [0.2, 0.25) is 0 Å². The summed E-state index contributed by atoms with van der Waals surface area (Å²) in [7, 11) is 0. The van der Waals surface area contributed by atoms with Gasteiger partial charge < -0.3 is 4.74 Å². The number of hydrogen-bond donors (Lipinski definition) is 1. The molecule has 154 valence electrons. The average molecular weight is 410 g/mol. The number of nitrogens with zero attached hydrogens (tertiary/aromatic N) is 3. The van der Waals surface area contributed by atoms with Crippen LogP contribution in [0.15, 0.2) is 90.0 Å². The number of rotatable bonds is 7. The zero-order valence-electron chi connectivity index (χ0n) is 17.2. The molecule has 0 unspecified atom stereocenters. The molecule has 0 saturated heterocycles. The lowest BCUT2D eigenvalue weighted by Crippen LogP contribution is -2.14. The summed E-state index contributed by atoms with van der Waals surface area (Å²) in [5.41, 5.74) is 7.61. The maximum absolute atomic E-state index is 12.1. The predicted molar refractivity (Wildman–Crippen MR) is 123 cm³/mol. The number of esters is 1. The summed E-state index contributed by atoms with van der Waals surface area (Å²) in [5, 5.41) is 4.54. The first-order valence-corrected chi connectivity index (χ1v) is 10.1. The molecule has 1 N–H and O–H groups in total. The van der Waals surface area contributed by atoms with Gasteiger partial charge in [-0.2, -0.15) is 5.10 Å². The Morgan fingerprint density at radius 3 is 2.16 bits per heavy atom. The summed E-state index contributed by atoms with van der Waals surface area (Å²) in [5.74, 6) is 0.182. The number of aromatic nitrogens is 2. The van der Waals surface area contributed by atoms with Crippen LogP contribution in [0, 0.1) is 0 Å². The molecule has 0 saturated carbocycles. The Hall–Kier alpha value is -4.06. The fourth-order valence-electron chi connectivity index (χ4n) is 3.18. The second kappa shape index (κ2) is 9.63. The molecule has 4 aromatic rings. The predicted octanol–water partition coefficient (Wildman–Crippen LogP) is 5.07. The van der Waals surface area contributed by atoms with Crippen LogP contribution >= 0.6 is 0 Å². The van der Waals surface area contributed by atoms with Gasteiger partial charge >= 0.3 is 5.97 Å². The van der Waals surface area contributed by atoms with Crippen molar-refractivity contribution in [3.05, 3.63) is 90.5 Å². The van der Waals surface area contributed by atoms with Crippen molar-refractivity contribution in [2.45, 2.75) is 13.3 Å². The summed E-state index contributed by atoms with van der Waals surface area (Å²) < 4.78 is 5.12. The normalized spacial score (nSPS) is 11.3. The number of carbonyl (C=O) groups excluding carboxylic acids is 1. The first-order valence-electron chi connectivity index (χ1n) is 10.1. The molecule has 4 rings (SSSR count). The molecular weight excluding hydrogens is 388 g/mol. The highest BCUT2D eigenvalue weighted by molar-refractivity contribution is 6.09. The quantitative estimate of drug-likeness (QED) is 0.262. The summed E-state index contributed by atoms with van der Waals surface area (Å²) in [6.07, 6.45) is 0.0481. The third-order valence-electron chi connectivity index (χ3n) is 4.64. The Balaban J connectivity index is 1.76. The van der Waals surface area contributed by atoms with Crippen LogP contribution in [-0.4, -0.2) is 28.3 Å². The molecule has 0 spiro atoms. The fourth-order valence-corrected chi connectivity index (χ4v) is 3.18. The minimum Gasteiger partial charge on any atom is -0.466 e. The molecule has 0 aliphatic carbocycles. The molecule has 3 aromatic carbocycles. The summed E-state index contributed by atoms with van der Waals surface area (Å²) in [6, 6.07) is 27.0. The second-order valence-electron chi connectivity index (χ2n) is 6.79. The molecule has 31 heavy (non-hydrogen) atoms. The van der Waals surface area contributed by atoms with Gasteiger partial charge in [0.2, 0.25) is 0 Å². The molecule has 0 aliphatic rings. The van der Waals surface area contributed by atoms with Crippen molar-refractivity contribution in [1.29, 1.82) is 0 Å². The van der Waals surface area contributed by atoms with E-state index in [1.807, 2.05) is 84.9 Å². The fraction of sp³-hybridized carbons (Fsp3) is 0.120. The Morgan fingerprint density at radius 1 is 0.871 bits per heavy atom. The van der Waals surface area contributed by atoms with E-state index in [9.17, 15) is 4.79 Å². The van der Waals surface area contributed by atoms with E-state index in [-0.39, 0.29) is 12.4 Å². The van der Waals surface area contributed by atoms with Gasteiger partial charge in [0.1, 0.15) is 5.69 Å². The molecule has 0 aliphatic heterocycles. The standard InChI is InChI=1S/C25H22N4O2/c1-2-31-23(30)17-22(18-11-5-3-6-12-18)28-29-25-24(19-13-7-4-8-14-19)26-20-15-9-10-16-21(20)27-25/h3-16H,2,17H2,1H3,(H,27,29)/b28-22-. The van der Waals surface area contributed by atoms with Crippen molar-refractivity contribution in [3.8, 4) is 11.3 Å². The van der Waals surface area contributed by atoms with E-state index in [2.05, 4.69) is 10.5 Å². The lowest BCUT2D eigenvalue weighted by molar-refractivity contribution is -0.141. The van der Waals surface area contributed by atoms with Crippen molar-refractivity contribution >= 4 is 28.5 Å². The van der Waals surface area contributed by atoms with Gasteiger partial charge in [-0.1, -0.05) is 72.8 Å². The van der Waals surface area contributed by atoms with Crippen LogP contribution < -0.4 is 5.43 Å². The molecule has 0 radical (unpaired) electrons. The van der Waals surface area contributed by atoms with E-state index in [4.69, 9.17) is 14.7 Å². The van der Waals surface area contributed by atoms with Crippen LogP contribution in [0.25, 0.3) is 22.3 Å². The number of carbonyl (C=O) groups is 1. The molecule has 0 atom stereocenters. The van der Waals surface area contributed by atoms with Crippen LogP contribution in [0.1, 0.15) is 18.9 Å². The lowest BCUT2D eigenvalue weighted by atomic mass is 10.1. The highest BCUT2D eigenvalue weighted by atomic mass is 16.5. The Morgan fingerprint density at radius 2 is 1.48 bits per heavy atom. The number of para-hydroxylation sites is 2. The zero-order chi connectivity index (χ0) is 21.5. The van der Waals surface area contributed by atoms with Gasteiger partial charge in [0.25, 0.3) is 0 Å². The minimum absolute atomic E-state index is 0.0481. The third kappa shape index (κ3) is 4.93. The van der Waals surface area contributed by atoms with Crippen molar-refractivity contribution in [2.24, 2.45) is 5.10 Å². The molecule has 0 fully saturated rings. The van der Waals surface area contributed by atoms with Crippen LogP contribution in [0.3, 0.4) is 0 Å². The Labute approximate surface area is 180 Å². The molecule has 0 amide bonds. The van der Waals surface area contributed by atoms with Crippen LogP contribution in [0.4, 0.5) is 5.82 Å². The average Bonchev–Trinajstić information content (AvgIpc) is 2.82. The highest BCUT2D eigenvalue weighted by Gasteiger charge is 2.14. The van der Waals surface area contributed by atoms with E-state index >= 15 is 0 Å². The molecule has 0 bridgehead atoms. The Bertz CT molecular complexity index is 1210. The third-order valence-corrected chi connectivity index (χ3v) is 4.64. The lowest BCUT2D eigenvalue weighted by Gasteiger charge is -2.11. The number of nitrogens with one attached hydrogen (secondary N) is 1. The number of ether oxygens (including phenoxy) is 1. The zero-order valence-corrected chi connectivity index (χ0v) is 17.2. The van der Waals surface area contributed by atoms with E-state index in [0.29, 0.717) is 23.8 Å². The number of hydrazone groups is 1. The van der Waals surface area contributed by atoms with Crippen molar-refractivity contribution < 1.29 is 9.53 Å². The number of hydrogen-bond acceptors (Lipinski definition) is 6. The van der Waals surface area contributed by atoms with Gasteiger partial charge in [-0.25, -0.2) is 9.97 Å². The van der Waals surface area contributed by atoms with E-state index in [0.717, 1.165) is 22.2 Å². The number of benzene rings is 3. The first-order chi connectivity index (χ1) is 15.2. The van der Waals surface area contributed by atoms with Crippen LogP contribution in [-0.2, 0) is 9.53 Å². The largest absolute Gasteiger partial charge is 0.466 e. The second-order valence-corrected chi connectivity index (χ2v) is 6.79. The van der Waals surface area contributed by atoms with E-state index in [1.54, 1.807) is 6.92 Å². The van der Waals surface area contributed by atoms with Gasteiger partial charge in [0.05, 0.1) is 29.8 Å². The van der Waals surface area contributed by atoms with E-state index in [1.165, 1.54) is 0 Å².